The van der Waals surface area contributed by atoms with Crippen molar-refractivity contribution in [1.82, 2.24) is 25.0 Å². The van der Waals surface area contributed by atoms with Crippen molar-refractivity contribution in [3.8, 4) is 10.7 Å². The Labute approximate surface area is 120 Å². The smallest absolute Gasteiger partial charge is 0.206 e. The Morgan fingerprint density at radius 2 is 2.25 bits per heavy atom. The number of anilines is 1. The Balaban J connectivity index is 1.58. The van der Waals surface area contributed by atoms with E-state index in [0.717, 1.165) is 28.9 Å². The molecule has 20 heavy (non-hydrogen) atoms. The Bertz CT molecular complexity index is 675. The zero-order valence-electron chi connectivity index (χ0n) is 11.0. The van der Waals surface area contributed by atoms with Crippen molar-refractivity contribution in [3.05, 3.63) is 42.4 Å². The minimum atomic E-state index is 0.762. The van der Waals surface area contributed by atoms with Crippen molar-refractivity contribution in [2.24, 2.45) is 0 Å². The molecule has 3 rings (SSSR count). The monoisotopic (exact) mass is 286 g/mol. The highest BCUT2D eigenvalue weighted by atomic mass is 32.1. The van der Waals surface area contributed by atoms with E-state index in [2.05, 4.69) is 25.6 Å². The molecule has 3 aromatic rings. The molecule has 0 radical (unpaired) electrons. The van der Waals surface area contributed by atoms with Crippen LogP contribution in [0.4, 0.5) is 5.13 Å². The van der Waals surface area contributed by atoms with Gasteiger partial charge in [0.2, 0.25) is 5.13 Å². The van der Waals surface area contributed by atoms with Crippen LogP contribution in [0.15, 0.2) is 36.8 Å². The van der Waals surface area contributed by atoms with Gasteiger partial charge in [0.25, 0.3) is 0 Å². The molecule has 0 saturated carbocycles. The fraction of sp³-hybridized carbons (Fsp3) is 0.231. The van der Waals surface area contributed by atoms with Crippen LogP contribution in [0.25, 0.3) is 10.7 Å². The molecule has 7 heteroatoms. The molecule has 0 aromatic carbocycles. The molecule has 102 valence electrons. The number of nitrogens with zero attached hydrogens (tertiary/aromatic N) is 5. The Hall–Kier alpha value is -2.28. The molecular formula is C13H14N6S. The highest BCUT2D eigenvalue weighted by Gasteiger charge is 2.06. The number of aromatic nitrogens is 5. The predicted molar refractivity (Wildman–Crippen MR) is 78.6 cm³/mol. The summed E-state index contributed by atoms with van der Waals surface area (Å²) < 4.78 is 1.91. The van der Waals surface area contributed by atoms with E-state index in [1.807, 2.05) is 42.2 Å². The second-order valence-corrected chi connectivity index (χ2v) is 5.31. The molecule has 0 aliphatic heterocycles. The van der Waals surface area contributed by atoms with Crippen LogP contribution in [0.1, 0.15) is 5.56 Å². The van der Waals surface area contributed by atoms with Gasteiger partial charge in [0.15, 0.2) is 5.01 Å². The number of pyridine rings is 1. The Morgan fingerprint density at radius 3 is 3.00 bits per heavy atom. The Morgan fingerprint density at radius 1 is 1.30 bits per heavy atom. The lowest BCUT2D eigenvalue weighted by molar-refractivity contribution is 0.637. The lowest BCUT2D eigenvalue weighted by atomic mass is 10.4. The maximum Gasteiger partial charge on any atom is 0.206 e. The van der Waals surface area contributed by atoms with Crippen molar-refractivity contribution < 1.29 is 0 Å². The topological polar surface area (TPSA) is 68.5 Å². The predicted octanol–water partition coefficient (Wildman–Crippen LogP) is 2.22. The molecular weight excluding hydrogens is 272 g/mol. The van der Waals surface area contributed by atoms with Crippen molar-refractivity contribution in [1.29, 1.82) is 0 Å². The summed E-state index contributed by atoms with van der Waals surface area (Å²) in [6.07, 6.45) is 5.62. The fourth-order valence-corrected chi connectivity index (χ4v) is 2.50. The third-order valence-electron chi connectivity index (χ3n) is 2.69. The molecule has 1 N–H and O–H groups in total. The van der Waals surface area contributed by atoms with Crippen LogP contribution in [-0.2, 0) is 6.54 Å². The number of nitrogens with one attached hydrogen (secondary N) is 1. The normalized spacial score (nSPS) is 10.7. The van der Waals surface area contributed by atoms with E-state index < -0.39 is 0 Å². The summed E-state index contributed by atoms with van der Waals surface area (Å²) in [7, 11) is 0. The first-order valence-electron chi connectivity index (χ1n) is 6.29. The van der Waals surface area contributed by atoms with Crippen LogP contribution < -0.4 is 5.32 Å². The number of rotatable bonds is 5. The van der Waals surface area contributed by atoms with E-state index in [-0.39, 0.29) is 0 Å². The van der Waals surface area contributed by atoms with Crippen LogP contribution in [0.3, 0.4) is 0 Å². The summed E-state index contributed by atoms with van der Waals surface area (Å²) in [4.78, 5) is 4.26. The van der Waals surface area contributed by atoms with Gasteiger partial charge in [0.05, 0.1) is 12.7 Å². The molecule has 0 aliphatic rings. The van der Waals surface area contributed by atoms with Gasteiger partial charge >= 0.3 is 0 Å². The van der Waals surface area contributed by atoms with E-state index in [1.54, 1.807) is 6.20 Å². The minimum absolute atomic E-state index is 0.762. The maximum absolute atomic E-state index is 4.26. The molecule has 0 atom stereocenters. The third-order valence-corrected chi connectivity index (χ3v) is 3.59. The van der Waals surface area contributed by atoms with Crippen LogP contribution in [-0.4, -0.2) is 31.5 Å². The minimum Gasteiger partial charge on any atom is -0.358 e. The van der Waals surface area contributed by atoms with Gasteiger partial charge < -0.3 is 5.32 Å². The van der Waals surface area contributed by atoms with Gasteiger partial charge in [-0.2, -0.15) is 5.10 Å². The first-order valence-corrected chi connectivity index (χ1v) is 7.11. The highest BCUT2D eigenvalue weighted by molar-refractivity contribution is 7.18. The van der Waals surface area contributed by atoms with Crippen LogP contribution in [0, 0.1) is 6.92 Å². The molecule has 0 aliphatic carbocycles. The Kier molecular flexibility index (Phi) is 3.69. The zero-order chi connectivity index (χ0) is 13.8. The van der Waals surface area contributed by atoms with Gasteiger partial charge in [-0.1, -0.05) is 17.4 Å². The second kappa shape index (κ2) is 5.79. The molecule has 3 heterocycles. The summed E-state index contributed by atoms with van der Waals surface area (Å²) in [5, 5.41) is 17.4. The van der Waals surface area contributed by atoms with Gasteiger partial charge in [-0.3, -0.25) is 9.67 Å². The fourth-order valence-electron chi connectivity index (χ4n) is 1.75. The van der Waals surface area contributed by atoms with E-state index in [0.29, 0.717) is 0 Å². The summed E-state index contributed by atoms with van der Waals surface area (Å²) in [5.74, 6) is 0. The van der Waals surface area contributed by atoms with Gasteiger partial charge in [0.1, 0.15) is 5.69 Å². The van der Waals surface area contributed by atoms with Crippen molar-refractivity contribution >= 4 is 16.5 Å². The largest absolute Gasteiger partial charge is 0.358 e. The van der Waals surface area contributed by atoms with Crippen LogP contribution >= 0.6 is 11.3 Å². The maximum atomic E-state index is 4.26. The number of hydrogen-bond acceptors (Lipinski definition) is 6. The molecule has 3 aromatic heterocycles. The SMILES string of the molecule is Cc1cnn(CCNc2nnc(-c3ccccn3)s2)c1. The highest BCUT2D eigenvalue weighted by Crippen LogP contribution is 2.23. The van der Waals surface area contributed by atoms with Crippen molar-refractivity contribution in [3.63, 3.8) is 0 Å². The quantitative estimate of drug-likeness (QED) is 0.779. The number of hydrogen-bond donors (Lipinski definition) is 1. The van der Waals surface area contributed by atoms with Crippen LogP contribution in [0.2, 0.25) is 0 Å². The number of aryl methyl sites for hydroxylation is 1. The van der Waals surface area contributed by atoms with Gasteiger partial charge in [-0.15, -0.1) is 10.2 Å². The van der Waals surface area contributed by atoms with Gasteiger partial charge in [0, 0.05) is 18.9 Å². The molecule has 6 nitrogen and oxygen atoms in total. The van der Waals surface area contributed by atoms with Crippen molar-refractivity contribution in [2.75, 3.05) is 11.9 Å². The van der Waals surface area contributed by atoms with E-state index >= 15 is 0 Å². The average molecular weight is 286 g/mol. The summed E-state index contributed by atoms with van der Waals surface area (Å²) in [6.45, 7) is 3.59. The van der Waals surface area contributed by atoms with Gasteiger partial charge in [-0.25, -0.2) is 0 Å². The average Bonchev–Trinajstić information content (AvgIpc) is 3.09. The summed E-state index contributed by atoms with van der Waals surface area (Å²) in [6, 6.07) is 5.75. The molecule has 0 bridgehead atoms. The van der Waals surface area contributed by atoms with Crippen molar-refractivity contribution in [2.45, 2.75) is 13.5 Å². The first-order chi connectivity index (χ1) is 9.81. The second-order valence-electron chi connectivity index (χ2n) is 4.33. The van der Waals surface area contributed by atoms with Gasteiger partial charge in [-0.05, 0) is 24.6 Å². The summed E-state index contributed by atoms with van der Waals surface area (Å²) in [5.41, 5.74) is 2.01. The third kappa shape index (κ3) is 3.00. The standard InChI is InChI=1S/C13H14N6S/c1-10-8-16-19(9-10)7-6-15-13-18-17-12(20-13)11-4-2-3-5-14-11/h2-5,8-9H,6-7H2,1H3,(H,15,18). The van der Waals surface area contributed by atoms with E-state index in [4.69, 9.17) is 0 Å². The molecule has 0 amide bonds. The molecule has 0 spiro atoms. The molecule has 0 unspecified atom stereocenters. The molecule has 0 saturated heterocycles. The summed E-state index contributed by atoms with van der Waals surface area (Å²) >= 11 is 1.50. The lowest BCUT2D eigenvalue weighted by Gasteiger charge is -2.01. The first kappa shape index (κ1) is 12.7. The molecule has 0 fully saturated rings. The van der Waals surface area contributed by atoms with E-state index in [9.17, 15) is 0 Å². The lowest BCUT2D eigenvalue weighted by Crippen LogP contribution is -2.10. The van der Waals surface area contributed by atoms with E-state index in [1.165, 1.54) is 16.9 Å². The zero-order valence-corrected chi connectivity index (χ0v) is 11.8. The van der Waals surface area contributed by atoms with Crippen LogP contribution in [0.5, 0.6) is 0 Å².